The van der Waals surface area contributed by atoms with Crippen LogP contribution in [0.15, 0.2) is 24.3 Å². The van der Waals surface area contributed by atoms with Gasteiger partial charge in [0.25, 0.3) is 0 Å². The average molecular weight is 287 g/mol. The molecule has 1 rings (SSSR count). The molecule has 1 aromatic carbocycles. The smallest absolute Gasteiger partial charge is 0.314 e. The molecule has 0 saturated heterocycles. The minimum absolute atomic E-state index is 0.444. The van der Waals surface area contributed by atoms with Crippen LogP contribution in [-0.2, 0) is 12.6 Å². The summed E-state index contributed by atoms with van der Waals surface area (Å²) >= 11 is 0. The zero-order valence-corrected chi connectivity index (χ0v) is 12.4. The normalized spacial score (nSPS) is 15.1. The van der Waals surface area contributed by atoms with E-state index < -0.39 is 11.7 Å². The van der Waals surface area contributed by atoms with Gasteiger partial charge in [0, 0.05) is 6.04 Å². The molecule has 20 heavy (non-hydrogen) atoms. The maximum Gasteiger partial charge on any atom is 0.416 e. The van der Waals surface area contributed by atoms with Crippen molar-refractivity contribution in [1.29, 1.82) is 0 Å². The first-order chi connectivity index (χ1) is 9.32. The molecule has 0 fully saturated rings. The fourth-order valence-electron chi connectivity index (χ4n) is 2.39. The molecule has 0 aliphatic heterocycles. The Labute approximate surface area is 119 Å². The van der Waals surface area contributed by atoms with E-state index in [1.165, 1.54) is 12.1 Å². The summed E-state index contributed by atoms with van der Waals surface area (Å²) in [6.45, 7) is 7.43. The topological polar surface area (TPSA) is 12.0 Å². The highest BCUT2D eigenvalue weighted by molar-refractivity contribution is 5.24. The van der Waals surface area contributed by atoms with Gasteiger partial charge >= 0.3 is 6.18 Å². The van der Waals surface area contributed by atoms with Crippen LogP contribution < -0.4 is 5.32 Å². The fraction of sp³-hybridized carbons (Fsp3) is 0.625. The molecule has 0 bridgehead atoms. The van der Waals surface area contributed by atoms with E-state index in [0.717, 1.165) is 31.4 Å². The zero-order chi connectivity index (χ0) is 15.2. The summed E-state index contributed by atoms with van der Waals surface area (Å²) in [7, 11) is 0. The third kappa shape index (κ3) is 5.95. The summed E-state index contributed by atoms with van der Waals surface area (Å²) in [5.41, 5.74) is 0.389. The van der Waals surface area contributed by atoms with Crippen LogP contribution in [0.25, 0.3) is 0 Å². The van der Waals surface area contributed by atoms with Crippen LogP contribution in [0.2, 0.25) is 0 Å². The van der Waals surface area contributed by atoms with Gasteiger partial charge in [0.1, 0.15) is 0 Å². The SMILES string of the molecule is CCCNC(C)CC(C)Cc1ccc(C(F)(F)F)cc1. The Morgan fingerprint density at radius 1 is 1.10 bits per heavy atom. The predicted octanol–water partition coefficient (Wildman–Crippen LogP) is 4.66. The van der Waals surface area contributed by atoms with Crippen molar-refractivity contribution < 1.29 is 13.2 Å². The molecular weight excluding hydrogens is 263 g/mol. The van der Waals surface area contributed by atoms with Crippen molar-refractivity contribution in [1.82, 2.24) is 5.32 Å². The van der Waals surface area contributed by atoms with Crippen LogP contribution in [0.4, 0.5) is 13.2 Å². The molecule has 0 heterocycles. The lowest BCUT2D eigenvalue weighted by molar-refractivity contribution is -0.137. The zero-order valence-electron chi connectivity index (χ0n) is 12.4. The first-order valence-electron chi connectivity index (χ1n) is 7.22. The summed E-state index contributed by atoms with van der Waals surface area (Å²) in [5, 5.41) is 3.43. The molecule has 2 unspecified atom stereocenters. The van der Waals surface area contributed by atoms with E-state index in [-0.39, 0.29) is 0 Å². The first-order valence-corrected chi connectivity index (χ1v) is 7.22. The van der Waals surface area contributed by atoms with Gasteiger partial charge in [0.2, 0.25) is 0 Å². The lowest BCUT2D eigenvalue weighted by Gasteiger charge is -2.18. The molecule has 0 radical (unpaired) electrons. The van der Waals surface area contributed by atoms with E-state index in [4.69, 9.17) is 0 Å². The van der Waals surface area contributed by atoms with Gasteiger partial charge < -0.3 is 5.32 Å². The largest absolute Gasteiger partial charge is 0.416 e. The van der Waals surface area contributed by atoms with E-state index in [2.05, 4.69) is 26.1 Å². The molecule has 1 N–H and O–H groups in total. The van der Waals surface area contributed by atoms with E-state index in [9.17, 15) is 13.2 Å². The molecular formula is C16H24F3N. The number of halogens is 3. The van der Waals surface area contributed by atoms with Crippen LogP contribution in [0, 0.1) is 5.92 Å². The first kappa shape index (κ1) is 17.0. The van der Waals surface area contributed by atoms with Crippen molar-refractivity contribution in [2.24, 2.45) is 5.92 Å². The quantitative estimate of drug-likeness (QED) is 0.769. The molecule has 2 atom stereocenters. The Balaban J connectivity index is 2.48. The van der Waals surface area contributed by atoms with Crippen LogP contribution in [0.1, 0.15) is 44.7 Å². The lowest BCUT2D eigenvalue weighted by Crippen LogP contribution is -2.28. The second kappa shape index (κ2) is 7.67. The van der Waals surface area contributed by atoms with E-state index in [1.54, 1.807) is 12.1 Å². The van der Waals surface area contributed by atoms with E-state index >= 15 is 0 Å². The Kier molecular flexibility index (Phi) is 6.53. The Hall–Kier alpha value is -1.03. The molecule has 0 spiro atoms. The number of alkyl halides is 3. The van der Waals surface area contributed by atoms with Gasteiger partial charge in [0.15, 0.2) is 0 Å². The van der Waals surface area contributed by atoms with Gasteiger partial charge in [-0.2, -0.15) is 13.2 Å². The second-order valence-corrected chi connectivity index (χ2v) is 5.59. The van der Waals surface area contributed by atoms with Gasteiger partial charge in [-0.3, -0.25) is 0 Å². The molecule has 1 nitrogen and oxygen atoms in total. The van der Waals surface area contributed by atoms with Crippen molar-refractivity contribution in [3.05, 3.63) is 35.4 Å². The van der Waals surface area contributed by atoms with Gasteiger partial charge in [-0.25, -0.2) is 0 Å². The van der Waals surface area contributed by atoms with Crippen LogP contribution in [0.5, 0.6) is 0 Å². The number of hydrogen-bond acceptors (Lipinski definition) is 1. The standard InChI is InChI=1S/C16H24F3N/c1-4-9-20-13(3)10-12(2)11-14-5-7-15(8-6-14)16(17,18)19/h5-8,12-13,20H,4,9-11H2,1-3H3. The molecule has 1 aromatic rings. The van der Waals surface area contributed by atoms with Crippen LogP contribution in [-0.4, -0.2) is 12.6 Å². The maximum atomic E-state index is 12.5. The minimum Gasteiger partial charge on any atom is -0.314 e. The van der Waals surface area contributed by atoms with E-state index in [1.807, 2.05) is 0 Å². The van der Waals surface area contributed by atoms with Crippen molar-refractivity contribution >= 4 is 0 Å². The van der Waals surface area contributed by atoms with Crippen molar-refractivity contribution in [2.45, 2.75) is 52.3 Å². The summed E-state index contributed by atoms with van der Waals surface area (Å²) in [6.07, 6.45) is -1.29. The highest BCUT2D eigenvalue weighted by atomic mass is 19.4. The predicted molar refractivity (Wildman–Crippen MR) is 76.7 cm³/mol. The average Bonchev–Trinajstić information content (AvgIpc) is 2.35. The molecule has 0 aliphatic carbocycles. The van der Waals surface area contributed by atoms with Crippen molar-refractivity contribution in [3.63, 3.8) is 0 Å². The van der Waals surface area contributed by atoms with Gasteiger partial charge in [-0.15, -0.1) is 0 Å². The van der Waals surface area contributed by atoms with Gasteiger partial charge in [0.05, 0.1) is 5.56 Å². The Bertz CT molecular complexity index is 384. The third-order valence-corrected chi connectivity index (χ3v) is 3.36. The number of nitrogens with one attached hydrogen (secondary N) is 1. The molecule has 0 aliphatic rings. The molecule has 0 aromatic heterocycles. The summed E-state index contributed by atoms with van der Waals surface area (Å²) in [5.74, 6) is 0.450. The highest BCUT2D eigenvalue weighted by Gasteiger charge is 2.29. The van der Waals surface area contributed by atoms with E-state index in [0.29, 0.717) is 12.0 Å². The van der Waals surface area contributed by atoms with Gasteiger partial charge in [-0.05, 0) is 56.3 Å². The number of hydrogen-bond donors (Lipinski definition) is 1. The summed E-state index contributed by atoms with van der Waals surface area (Å²) in [6, 6.07) is 5.95. The Morgan fingerprint density at radius 2 is 1.70 bits per heavy atom. The monoisotopic (exact) mass is 287 g/mol. The van der Waals surface area contributed by atoms with Crippen molar-refractivity contribution in [3.8, 4) is 0 Å². The molecule has 114 valence electrons. The maximum absolute atomic E-state index is 12.5. The minimum atomic E-state index is -4.25. The third-order valence-electron chi connectivity index (χ3n) is 3.36. The molecule has 0 saturated carbocycles. The molecule has 0 amide bonds. The summed E-state index contributed by atoms with van der Waals surface area (Å²) < 4.78 is 37.4. The number of rotatable bonds is 7. The van der Waals surface area contributed by atoms with Crippen LogP contribution >= 0.6 is 0 Å². The lowest BCUT2D eigenvalue weighted by atomic mass is 9.94. The van der Waals surface area contributed by atoms with Crippen LogP contribution in [0.3, 0.4) is 0 Å². The molecule has 4 heteroatoms. The highest BCUT2D eigenvalue weighted by Crippen LogP contribution is 2.29. The van der Waals surface area contributed by atoms with Crippen molar-refractivity contribution in [2.75, 3.05) is 6.54 Å². The second-order valence-electron chi connectivity index (χ2n) is 5.59. The number of benzene rings is 1. The fourth-order valence-corrected chi connectivity index (χ4v) is 2.39. The van der Waals surface area contributed by atoms with Gasteiger partial charge in [-0.1, -0.05) is 26.0 Å². The summed E-state index contributed by atoms with van der Waals surface area (Å²) in [4.78, 5) is 0. The Morgan fingerprint density at radius 3 is 2.20 bits per heavy atom.